The number of Topliss-reactive ketones (excluding diaryl/α,β-unsaturated/α-hetero) is 1. The zero-order chi connectivity index (χ0) is 32.1. The normalized spacial score (nSPS) is 23.4. The van der Waals surface area contributed by atoms with Crippen molar-refractivity contribution in [3.63, 3.8) is 0 Å². The molecular formula is C38H46O7. The van der Waals surface area contributed by atoms with Gasteiger partial charge in [-0.05, 0) is 16.7 Å². The molecule has 3 aromatic rings. The highest BCUT2D eigenvalue weighted by atomic mass is 16.7. The van der Waals surface area contributed by atoms with Gasteiger partial charge in [-0.1, -0.05) is 124 Å². The molecular weight excluding hydrogens is 568 g/mol. The van der Waals surface area contributed by atoms with Crippen LogP contribution in [0.1, 0.15) is 37.5 Å². The van der Waals surface area contributed by atoms with Crippen molar-refractivity contribution in [2.45, 2.75) is 70.8 Å². The molecule has 4 rings (SSSR count). The van der Waals surface area contributed by atoms with E-state index in [0.29, 0.717) is 6.61 Å². The molecule has 45 heavy (non-hydrogen) atoms. The van der Waals surface area contributed by atoms with Crippen molar-refractivity contribution in [3.05, 3.63) is 133 Å². The minimum absolute atomic E-state index is 0.0604. The summed E-state index contributed by atoms with van der Waals surface area (Å²) < 4.78 is 39.1. The van der Waals surface area contributed by atoms with Crippen molar-refractivity contribution in [2.75, 3.05) is 19.8 Å². The quantitative estimate of drug-likeness (QED) is 0.154. The zero-order valence-electron chi connectivity index (χ0n) is 26.6. The van der Waals surface area contributed by atoms with Gasteiger partial charge in [0.15, 0.2) is 12.1 Å². The Balaban J connectivity index is 1.79. The highest BCUT2D eigenvalue weighted by molar-refractivity contribution is 5.93. The standard InChI is InChI=1S/C38H46O7/c1-6-23-41-36-38(44-24-7-2,35(39)37(3,4)5)34(43-27-31-21-15-10-16-22-31)33(42-26-30-19-13-9-14-20-30)32(45-36)28-40-25-29-17-11-8-12-18-29/h6-22,32-34,36H,1-2,23-28H2,3-5H3/t32-,33-,34+,36+,38+/m1/s1. The molecule has 0 N–H and O–H groups in total. The molecule has 7 nitrogen and oxygen atoms in total. The first kappa shape index (κ1) is 34.4. The summed E-state index contributed by atoms with van der Waals surface area (Å²) in [7, 11) is 0. The molecule has 0 aliphatic carbocycles. The summed E-state index contributed by atoms with van der Waals surface area (Å²) in [5, 5.41) is 0. The van der Waals surface area contributed by atoms with Gasteiger partial charge in [0.2, 0.25) is 5.60 Å². The minimum Gasteiger partial charge on any atom is -0.374 e. The lowest BCUT2D eigenvalue weighted by Crippen LogP contribution is -2.74. The van der Waals surface area contributed by atoms with Crippen LogP contribution >= 0.6 is 0 Å². The van der Waals surface area contributed by atoms with E-state index >= 15 is 0 Å². The zero-order valence-corrected chi connectivity index (χ0v) is 26.6. The van der Waals surface area contributed by atoms with Gasteiger partial charge in [-0.25, -0.2) is 0 Å². The van der Waals surface area contributed by atoms with Gasteiger partial charge < -0.3 is 28.4 Å². The van der Waals surface area contributed by atoms with E-state index < -0.39 is 35.6 Å². The molecule has 0 radical (unpaired) electrons. The van der Waals surface area contributed by atoms with Crippen LogP contribution in [0.3, 0.4) is 0 Å². The smallest absolute Gasteiger partial charge is 0.206 e. The van der Waals surface area contributed by atoms with Gasteiger partial charge in [-0.2, -0.15) is 0 Å². The molecule has 1 aliphatic heterocycles. The van der Waals surface area contributed by atoms with E-state index in [1.165, 1.54) is 0 Å². The number of hydrogen-bond acceptors (Lipinski definition) is 7. The molecule has 0 spiro atoms. The molecule has 7 heteroatoms. The van der Waals surface area contributed by atoms with Crippen LogP contribution in [-0.2, 0) is 53.0 Å². The Morgan fingerprint density at radius 3 is 1.78 bits per heavy atom. The van der Waals surface area contributed by atoms with E-state index in [4.69, 9.17) is 28.4 Å². The van der Waals surface area contributed by atoms with E-state index in [1.807, 2.05) is 112 Å². The Bertz CT molecular complexity index is 1320. The van der Waals surface area contributed by atoms with Gasteiger partial charge in [-0.15, -0.1) is 13.2 Å². The summed E-state index contributed by atoms with van der Waals surface area (Å²) in [6.45, 7) is 14.4. The Hall–Kier alpha value is -3.43. The van der Waals surface area contributed by atoms with Gasteiger partial charge in [0.05, 0.1) is 39.6 Å². The molecule has 0 amide bonds. The average Bonchev–Trinajstić information content (AvgIpc) is 3.06. The maximum Gasteiger partial charge on any atom is 0.206 e. The summed E-state index contributed by atoms with van der Waals surface area (Å²) in [6, 6.07) is 29.6. The third kappa shape index (κ3) is 9.07. The van der Waals surface area contributed by atoms with E-state index in [0.717, 1.165) is 16.7 Å². The predicted molar refractivity (Wildman–Crippen MR) is 174 cm³/mol. The second-order valence-electron chi connectivity index (χ2n) is 12.1. The summed E-state index contributed by atoms with van der Waals surface area (Å²) in [4.78, 5) is 14.7. The summed E-state index contributed by atoms with van der Waals surface area (Å²) in [5.41, 5.74) is 0.370. The lowest BCUT2D eigenvalue weighted by molar-refractivity contribution is -0.351. The number of ether oxygens (including phenoxy) is 6. The van der Waals surface area contributed by atoms with Crippen molar-refractivity contribution in [3.8, 4) is 0 Å². The Kier molecular flexibility index (Phi) is 12.8. The third-order valence-electron chi connectivity index (χ3n) is 7.53. The fraction of sp³-hybridized carbons (Fsp3) is 0.395. The van der Waals surface area contributed by atoms with Crippen LogP contribution in [0.25, 0.3) is 0 Å². The highest BCUT2D eigenvalue weighted by Gasteiger charge is 2.65. The molecule has 1 saturated heterocycles. The van der Waals surface area contributed by atoms with Crippen LogP contribution in [0, 0.1) is 5.41 Å². The lowest BCUT2D eigenvalue weighted by Gasteiger charge is -2.53. The maximum atomic E-state index is 14.7. The predicted octanol–water partition coefficient (Wildman–Crippen LogP) is 6.86. The Morgan fingerprint density at radius 1 is 0.756 bits per heavy atom. The van der Waals surface area contributed by atoms with Crippen molar-refractivity contribution < 1.29 is 33.2 Å². The summed E-state index contributed by atoms with van der Waals surface area (Å²) in [6.07, 6.45) is -0.315. The molecule has 3 aromatic carbocycles. The molecule has 5 atom stereocenters. The number of carbonyl (C=O) groups excluding carboxylic acids is 1. The number of benzene rings is 3. The van der Waals surface area contributed by atoms with Crippen LogP contribution in [0.15, 0.2) is 116 Å². The lowest BCUT2D eigenvalue weighted by atomic mass is 9.73. The molecule has 1 fully saturated rings. The Labute approximate surface area is 267 Å². The van der Waals surface area contributed by atoms with Gasteiger partial charge >= 0.3 is 0 Å². The van der Waals surface area contributed by atoms with Crippen LogP contribution < -0.4 is 0 Å². The van der Waals surface area contributed by atoms with Crippen LogP contribution in [0.2, 0.25) is 0 Å². The summed E-state index contributed by atoms with van der Waals surface area (Å²) >= 11 is 0. The molecule has 0 saturated carbocycles. The number of carbonyl (C=O) groups is 1. The van der Waals surface area contributed by atoms with Crippen molar-refractivity contribution in [1.29, 1.82) is 0 Å². The average molecular weight is 615 g/mol. The van der Waals surface area contributed by atoms with Gasteiger partial charge in [0, 0.05) is 5.41 Å². The molecule has 240 valence electrons. The molecule has 0 bridgehead atoms. The first-order valence-corrected chi connectivity index (χ1v) is 15.4. The number of hydrogen-bond donors (Lipinski definition) is 0. The molecule has 1 heterocycles. The summed E-state index contributed by atoms with van der Waals surface area (Å²) in [5.74, 6) is -0.235. The third-order valence-corrected chi connectivity index (χ3v) is 7.53. The number of ketones is 1. The highest BCUT2D eigenvalue weighted by Crippen LogP contribution is 2.43. The van der Waals surface area contributed by atoms with Crippen LogP contribution in [0.4, 0.5) is 0 Å². The van der Waals surface area contributed by atoms with Gasteiger partial charge in [0.1, 0.15) is 18.3 Å². The topological polar surface area (TPSA) is 72.5 Å². The van der Waals surface area contributed by atoms with Crippen LogP contribution in [0.5, 0.6) is 0 Å². The molecule has 1 aliphatic rings. The second kappa shape index (κ2) is 16.8. The van der Waals surface area contributed by atoms with E-state index in [1.54, 1.807) is 12.2 Å². The minimum atomic E-state index is -1.71. The first-order valence-electron chi connectivity index (χ1n) is 15.4. The van der Waals surface area contributed by atoms with E-state index in [-0.39, 0.29) is 38.8 Å². The Morgan fingerprint density at radius 2 is 1.27 bits per heavy atom. The van der Waals surface area contributed by atoms with E-state index in [2.05, 4.69) is 13.2 Å². The first-order chi connectivity index (χ1) is 21.8. The molecule has 0 unspecified atom stereocenters. The van der Waals surface area contributed by atoms with Crippen molar-refractivity contribution in [1.82, 2.24) is 0 Å². The fourth-order valence-corrected chi connectivity index (χ4v) is 5.41. The largest absolute Gasteiger partial charge is 0.374 e. The van der Waals surface area contributed by atoms with Crippen LogP contribution in [-0.4, -0.2) is 55.8 Å². The second-order valence-corrected chi connectivity index (χ2v) is 12.1. The fourth-order valence-electron chi connectivity index (χ4n) is 5.41. The van der Waals surface area contributed by atoms with E-state index in [9.17, 15) is 4.79 Å². The van der Waals surface area contributed by atoms with Crippen molar-refractivity contribution >= 4 is 5.78 Å². The maximum absolute atomic E-state index is 14.7. The van der Waals surface area contributed by atoms with Gasteiger partial charge in [0.25, 0.3) is 0 Å². The molecule has 0 aromatic heterocycles. The van der Waals surface area contributed by atoms with Crippen molar-refractivity contribution in [2.24, 2.45) is 5.41 Å². The SMILES string of the molecule is C=CCO[C@H]1O[C@H](COCc2ccccc2)[C@@H](OCc2ccccc2)[C@H](OCc2ccccc2)[C@]1(OCC=C)C(=O)C(C)(C)C. The monoisotopic (exact) mass is 614 g/mol. The van der Waals surface area contributed by atoms with Gasteiger partial charge in [-0.3, -0.25) is 4.79 Å². The number of rotatable bonds is 17.